The predicted molar refractivity (Wildman–Crippen MR) is 433 cm³/mol. The molecule has 4 aromatic heterocycles. The summed E-state index contributed by atoms with van der Waals surface area (Å²) in [7, 11) is 1.60. The summed E-state index contributed by atoms with van der Waals surface area (Å²) in [6.07, 6.45) is 19.9. The van der Waals surface area contributed by atoms with E-state index in [1.807, 2.05) is 67.0 Å². The molecule has 1 saturated carbocycles. The van der Waals surface area contributed by atoms with Crippen molar-refractivity contribution >= 4 is 117 Å². The van der Waals surface area contributed by atoms with E-state index in [9.17, 15) is 38.4 Å². The Balaban J connectivity index is 0.000000157. The number of anilines is 12. The van der Waals surface area contributed by atoms with Crippen molar-refractivity contribution in [2.24, 2.45) is 0 Å². The van der Waals surface area contributed by atoms with Crippen LogP contribution in [-0.2, 0) is 44.9 Å². The van der Waals surface area contributed by atoms with Crippen LogP contribution < -0.4 is 62.1 Å². The summed E-state index contributed by atoms with van der Waals surface area (Å²) in [5, 5.41) is 24.0. The lowest BCUT2D eigenvalue weighted by atomic mass is 10.1. The molecule has 584 valence electrons. The van der Waals surface area contributed by atoms with E-state index >= 15 is 0 Å². The van der Waals surface area contributed by atoms with Gasteiger partial charge in [0, 0.05) is 142 Å². The first-order chi connectivity index (χ1) is 53.6. The molecule has 4 aliphatic heterocycles. The second kappa shape index (κ2) is 38.5. The third-order valence-electron chi connectivity index (χ3n) is 20.2. The Morgan fingerprint density at radius 2 is 0.640 bits per heavy atom. The molecule has 8 heterocycles. The zero-order chi connectivity index (χ0) is 79.4. The van der Waals surface area contributed by atoms with Crippen molar-refractivity contribution in [3.63, 3.8) is 0 Å². The van der Waals surface area contributed by atoms with Crippen LogP contribution in [0.5, 0.6) is 0 Å². The first-order valence-electron chi connectivity index (χ1n) is 39.0. The van der Waals surface area contributed by atoms with E-state index in [1.165, 1.54) is 12.8 Å². The number of hydrogen-bond donors (Lipinski definition) is 8. The molecule has 4 aromatic carbocycles. The molecule has 0 spiro atoms. The van der Waals surface area contributed by atoms with Gasteiger partial charge in [-0.1, -0.05) is 68.2 Å². The fraction of sp³-hybridized carbons (Fsp3) is 0.422. The molecule has 1 aliphatic carbocycles. The van der Waals surface area contributed by atoms with Crippen molar-refractivity contribution in [3.05, 3.63) is 166 Å². The van der Waals surface area contributed by atoms with Crippen molar-refractivity contribution in [2.75, 3.05) is 54.5 Å². The van der Waals surface area contributed by atoms with Crippen LogP contribution in [0.15, 0.2) is 122 Å². The van der Waals surface area contributed by atoms with Gasteiger partial charge in [-0.15, -0.1) is 0 Å². The molecule has 0 bridgehead atoms. The van der Waals surface area contributed by atoms with E-state index in [2.05, 4.69) is 138 Å². The average molecular weight is 1510 g/mol. The quantitative estimate of drug-likeness (QED) is 0.0237. The van der Waals surface area contributed by atoms with Gasteiger partial charge in [-0.25, -0.2) is 19.9 Å². The average Bonchev–Trinajstić information content (AvgIpc) is 1.66. The molecule has 13 rings (SSSR count). The molecule has 0 atom stereocenters. The summed E-state index contributed by atoms with van der Waals surface area (Å²) < 4.78 is 0. The highest BCUT2D eigenvalue weighted by Gasteiger charge is 2.38. The van der Waals surface area contributed by atoms with Crippen LogP contribution in [0.3, 0.4) is 0 Å². The third kappa shape index (κ3) is 20.2. The Labute approximate surface area is 649 Å². The molecule has 28 nitrogen and oxygen atoms in total. The van der Waals surface area contributed by atoms with Gasteiger partial charge in [0.15, 0.2) is 0 Å². The minimum absolute atomic E-state index is 0.0263. The van der Waals surface area contributed by atoms with E-state index in [0.717, 1.165) is 109 Å². The number of nitrogens with zero attached hydrogens (tertiary/aromatic N) is 12. The van der Waals surface area contributed by atoms with Gasteiger partial charge in [0.2, 0.25) is 47.4 Å². The lowest BCUT2D eigenvalue weighted by Crippen LogP contribution is -2.37. The van der Waals surface area contributed by atoms with Crippen LogP contribution in [0, 0.1) is 0 Å². The fourth-order valence-corrected chi connectivity index (χ4v) is 14.2. The largest absolute Gasteiger partial charge is 0.355 e. The molecular formula is C83H104N20O8. The van der Waals surface area contributed by atoms with E-state index in [4.69, 9.17) is 0 Å². The van der Waals surface area contributed by atoms with Gasteiger partial charge in [0.05, 0.1) is 25.7 Å². The summed E-state index contributed by atoms with van der Waals surface area (Å²) >= 11 is 0. The Morgan fingerprint density at radius 1 is 0.378 bits per heavy atom. The van der Waals surface area contributed by atoms with Crippen molar-refractivity contribution in [2.45, 2.75) is 215 Å². The third-order valence-corrected chi connectivity index (χ3v) is 20.2. The number of rotatable bonds is 27. The number of amides is 8. The molecular weight excluding hydrogens is 1410 g/mol. The molecule has 0 radical (unpaired) electrons. The van der Waals surface area contributed by atoms with E-state index in [0.29, 0.717) is 108 Å². The van der Waals surface area contributed by atoms with E-state index in [-0.39, 0.29) is 77.5 Å². The van der Waals surface area contributed by atoms with Crippen LogP contribution in [0.25, 0.3) is 0 Å². The van der Waals surface area contributed by atoms with Crippen molar-refractivity contribution in [1.29, 1.82) is 0 Å². The summed E-state index contributed by atoms with van der Waals surface area (Å²) in [5.74, 6) is 4.51. The Bertz CT molecular complexity index is 4580. The number of hydrogen-bond acceptors (Lipinski definition) is 20. The van der Waals surface area contributed by atoms with Crippen LogP contribution in [-0.4, -0.2) is 137 Å². The maximum Gasteiger partial charge on any atom is 0.251 e. The molecule has 5 aliphatic rings. The van der Waals surface area contributed by atoms with Crippen LogP contribution >= 0.6 is 0 Å². The van der Waals surface area contributed by atoms with Crippen LogP contribution in [0.2, 0.25) is 0 Å². The Kier molecular flexibility index (Phi) is 28.3. The van der Waals surface area contributed by atoms with Gasteiger partial charge in [-0.2, -0.15) is 19.9 Å². The lowest BCUT2D eigenvalue weighted by molar-refractivity contribution is -0.118. The smallest absolute Gasteiger partial charge is 0.251 e. The standard InChI is InChI=1S/C23H29N5O2.C21H27N5O2.C20H25N5O2.C19H23N5O2/c1-3-19(4-2)28-20(29)13-16-14-24-23(27-21(16)28)26-18-11-9-15(10-12-18)22(30)25-17-7-5-6-8-17;1-5-17(6-2)26-18(27)11-15-12-22-21(25-19(15)26)24-16-9-7-14(8-10-16)20(28)23-13(3)4;1-4-16(5-2)25-17(26)11-14-12-22-20(24-18(14)25)23-15-9-7-13(8-10-15)19(27)21-6-3;1-4-15(5-2)24-16(25)10-13-11-21-19(23-17(13)24)22-14-8-6-12(7-9-14)18(26)20-3/h9-12,14,17,19H,3-8,13H2,1-2H3,(H,25,30)(H,24,26,27);7-10,12-13,17H,5-6,11H2,1-4H3,(H,23,28)(H,22,24,25);7-10,12,16H,4-6,11H2,1-3H3,(H,21,27)(H,22,23,24);6-9,11,15H,4-5,10H2,1-3H3,(H,20,26)(H,21,22,23). The molecule has 111 heavy (non-hydrogen) atoms. The first kappa shape index (κ1) is 81.7. The van der Waals surface area contributed by atoms with E-state index in [1.54, 1.807) is 102 Å². The normalized spacial score (nSPS) is 14.0. The molecule has 8 N–H and O–H groups in total. The fourth-order valence-electron chi connectivity index (χ4n) is 14.2. The van der Waals surface area contributed by atoms with Crippen molar-refractivity contribution in [1.82, 2.24) is 61.1 Å². The zero-order valence-electron chi connectivity index (χ0n) is 65.7. The number of nitrogens with one attached hydrogen (secondary N) is 8. The van der Waals surface area contributed by atoms with Gasteiger partial charge < -0.3 is 42.5 Å². The van der Waals surface area contributed by atoms with Gasteiger partial charge in [0.1, 0.15) is 23.3 Å². The minimum atomic E-state index is -0.135. The number of benzene rings is 4. The maximum atomic E-state index is 12.5. The summed E-state index contributed by atoms with van der Waals surface area (Å²) in [4.78, 5) is 141. The predicted octanol–water partition coefficient (Wildman–Crippen LogP) is 13.1. The molecule has 0 saturated heterocycles. The molecule has 8 aromatic rings. The van der Waals surface area contributed by atoms with Crippen LogP contribution in [0.4, 0.5) is 69.8 Å². The van der Waals surface area contributed by atoms with Crippen molar-refractivity contribution < 1.29 is 38.4 Å². The maximum absolute atomic E-state index is 12.5. The lowest BCUT2D eigenvalue weighted by Gasteiger charge is -2.25. The zero-order valence-corrected chi connectivity index (χ0v) is 65.7. The SMILES string of the molecule is CCC(CC)N1C(=O)Cc2cnc(Nc3ccc(C(=O)NC(C)C)cc3)nc21.CCC(CC)N1C(=O)Cc2cnc(Nc3ccc(C(=O)NC)cc3)nc21.CCC(CC)N1C(=O)Cc2cnc(Nc3ccc(C(=O)NC4CCCC4)cc3)nc21.CCNC(=O)c1ccc(Nc2ncc3c(n2)N(C(CC)CC)C(=O)C3)cc1. The Morgan fingerprint density at radius 3 is 0.892 bits per heavy atom. The number of carbonyl (C=O) groups is 8. The summed E-state index contributed by atoms with van der Waals surface area (Å²) in [5.41, 5.74) is 9.02. The van der Waals surface area contributed by atoms with Gasteiger partial charge in [-0.05, 0) is 182 Å². The van der Waals surface area contributed by atoms with Gasteiger partial charge in [0.25, 0.3) is 23.6 Å². The molecule has 1 fully saturated rings. The van der Waals surface area contributed by atoms with E-state index < -0.39 is 0 Å². The summed E-state index contributed by atoms with van der Waals surface area (Å²) in [6, 6.07) is 29.6. The highest BCUT2D eigenvalue weighted by molar-refractivity contribution is 6.04. The Hall–Kier alpha value is -11.8. The topological polar surface area (TPSA) is 349 Å². The number of aromatic nitrogens is 8. The summed E-state index contributed by atoms with van der Waals surface area (Å²) in [6.45, 7) is 23.0. The van der Waals surface area contributed by atoms with Gasteiger partial charge >= 0.3 is 0 Å². The molecule has 8 amide bonds. The first-order valence-corrected chi connectivity index (χ1v) is 39.0. The highest BCUT2D eigenvalue weighted by atomic mass is 16.2. The van der Waals surface area contributed by atoms with Crippen LogP contribution in [0.1, 0.15) is 217 Å². The molecule has 28 heteroatoms. The highest BCUT2D eigenvalue weighted by Crippen LogP contribution is 2.36. The number of carbonyl (C=O) groups excluding carboxylic acids is 8. The molecule has 0 unspecified atom stereocenters. The van der Waals surface area contributed by atoms with Crippen molar-refractivity contribution in [3.8, 4) is 0 Å². The second-order valence-corrected chi connectivity index (χ2v) is 28.1. The monoisotopic (exact) mass is 1510 g/mol. The second-order valence-electron chi connectivity index (χ2n) is 28.1. The number of fused-ring (bicyclic) bond motifs is 4. The van der Waals surface area contributed by atoms with Gasteiger partial charge in [-0.3, -0.25) is 58.0 Å². The minimum Gasteiger partial charge on any atom is -0.355 e.